The van der Waals surface area contributed by atoms with Gasteiger partial charge in [0, 0.05) is 18.5 Å². The number of rotatable bonds is 7. The van der Waals surface area contributed by atoms with E-state index < -0.39 is 23.4 Å². The summed E-state index contributed by atoms with van der Waals surface area (Å²) in [7, 11) is 0. The standard InChI is InChI=1S/C25H25F2N3O3/c1-14-2-9-18(19(12-14)15-3-5-16(6-4-15)20-13-25(20,26)27)21(31)28-11-10-24(17-7-8-17)22(32)29-23(33)30-24/h2-6,9,12,17,20H,7-8,10-11,13H2,1H3,(H,28,31)(H2,29,30,32,33)/t20?,24-/m0/s1. The molecule has 3 aliphatic rings. The molecular formula is C25H25F2N3O3. The van der Waals surface area contributed by atoms with Gasteiger partial charge in [0.05, 0.1) is 5.92 Å². The number of hydrogen-bond acceptors (Lipinski definition) is 3. The summed E-state index contributed by atoms with van der Waals surface area (Å²) in [6, 6.07) is 11.9. The highest BCUT2D eigenvalue weighted by molar-refractivity contribution is 6.07. The first-order chi connectivity index (χ1) is 15.7. The lowest BCUT2D eigenvalue weighted by atomic mass is 9.89. The molecule has 4 amide bonds. The van der Waals surface area contributed by atoms with Crippen molar-refractivity contribution in [1.29, 1.82) is 0 Å². The van der Waals surface area contributed by atoms with Gasteiger partial charge in [0.1, 0.15) is 5.54 Å². The number of carbonyl (C=O) groups is 3. The topological polar surface area (TPSA) is 87.3 Å². The first kappa shape index (κ1) is 21.6. The predicted molar refractivity (Wildman–Crippen MR) is 118 cm³/mol. The summed E-state index contributed by atoms with van der Waals surface area (Å²) < 4.78 is 26.8. The van der Waals surface area contributed by atoms with Crippen LogP contribution in [0.25, 0.3) is 11.1 Å². The minimum Gasteiger partial charge on any atom is -0.352 e. The average molecular weight is 453 g/mol. The molecule has 172 valence electrons. The molecule has 0 spiro atoms. The summed E-state index contributed by atoms with van der Waals surface area (Å²) in [4.78, 5) is 37.1. The van der Waals surface area contributed by atoms with Crippen LogP contribution < -0.4 is 16.0 Å². The zero-order valence-corrected chi connectivity index (χ0v) is 18.2. The van der Waals surface area contributed by atoms with Gasteiger partial charge < -0.3 is 10.6 Å². The van der Waals surface area contributed by atoms with Crippen LogP contribution in [0.5, 0.6) is 0 Å². The molecule has 33 heavy (non-hydrogen) atoms. The van der Waals surface area contributed by atoms with Crippen LogP contribution in [0.3, 0.4) is 0 Å². The average Bonchev–Trinajstić information content (AvgIpc) is 3.69. The van der Waals surface area contributed by atoms with Gasteiger partial charge in [-0.2, -0.15) is 0 Å². The third kappa shape index (κ3) is 3.98. The van der Waals surface area contributed by atoms with Crippen molar-refractivity contribution in [3.05, 3.63) is 59.2 Å². The Morgan fingerprint density at radius 3 is 2.39 bits per heavy atom. The van der Waals surface area contributed by atoms with Crippen molar-refractivity contribution in [2.24, 2.45) is 5.92 Å². The number of urea groups is 1. The molecule has 2 aromatic carbocycles. The largest absolute Gasteiger partial charge is 0.352 e. The zero-order valence-electron chi connectivity index (χ0n) is 18.2. The Hall–Kier alpha value is -3.29. The maximum Gasteiger partial charge on any atom is 0.322 e. The van der Waals surface area contributed by atoms with Gasteiger partial charge in [0.15, 0.2) is 0 Å². The highest BCUT2D eigenvalue weighted by Gasteiger charge is 2.57. The molecule has 2 saturated carbocycles. The summed E-state index contributed by atoms with van der Waals surface area (Å²) >= 11 is 0. The Bertz CT molecular complexity index is 1140. The van der Waals surface area contributed by atoms with Crippen LogP contribution >= 0.6 is 0 Å². The lowest BCUT2D eigenvalue weighted by Crippen LogP contribution is -2.51. The molecule has 1 saturated heterocycles. The van der Waals surface area contributed by atoms with Crippen molar-refractivity contribution in [3.8, 4) is 11.1 Å². The van der Waals surface area contributed by atoms with Crippen LogP contribution in [0.15, 0.2) is 42.5 Å². The second-order valence-corrected chi connectivity index (χ2v) is 9.35. The molecule has 0 radical (unpaired) electrons. The number of alkyl halides is 2. The Morgan fingerprint density at radius 1 is 1.12 bits per heavy atom. The van der Waals surface area contributed by atoms with Crippen molar-refractivity contribution < 1.29 is 23.2 Å². The molecule has 3 fully saturated rings. The van der Waals surface area contributed by atoms with Crippen LogP contribution in [-0.4, -0.2) is 35.9 Å². The Labute approximate surface area is 190 Å². The van der Waals surface area contributed by atoms with E-state index in [4.69, 9.17) is 0 Å². The van der Waals surface area contributed by atoms with Crippen LogP contribution in [0, 0.1) is 12.8 Å². The fraction of sp³-hybridized carbons (Fsp3) is 0.400. The molecule has 8 heteroatoms. The maximum absolute atomic E-state index is 13.4. The van der Waals surface area contributed by atoms with Crippen LogP contribution in [0.2, 0.25) is 0 Å². The summed E-state index contributed by atoms with van der Waals surface area (Å²) in [6.45, 7) is 2.15. The Kier molecular flexibility index (Phi) is 4.99. The number of imide groups is 1. The number of halogens is 2. The smallest absolute Gasteiger partial charge is 0.322 e. The highest BCUT2D eigenvalue weighted by Crippen LogP contribution is 2.55. The monoisotopic (exact) mass is 453 g/mol. The molecule has 0 bridgehead atoms. The third-order valence-corrected chi connectivity index (χ3v) is 6.92. The van der Waals surface area contributed by atoms with E-state index in [1.807, 2.05) is 19.1 Å². The molecule has 0 aromatic heterocycles. The van der Waals surface area contributed by atoms with E-state index in [0.717, 1.165) is 24.0 Å². The lowest BCUT2D eigenvalue weighted by molar-refractivity contribution is -0.125. The molecular weight excluding hydrogens is 428 g/mol. The zero-order chi connectivity index (χ0) is 23.4. The molecule has 1 heterocycles. The summed E-state index contributed by atoms with van der Waals surface area (Å²) in [5, 5.41) is 7.95. The van der Waals surface area contributed by atoms with Gasteiger partial charge in [-0.05, 0) is 54.9 Å². The highest BCUT2D eigenvalue weighted by atomic mass is 19.3. The quantitative estimate of drug-likeness (QED) is 0.556. The fourth-order valence-electron chi connectivity index (χ4n) is 4.78. The van der Waals surface area contributed by atoms with E-state index in [-0.39, 0.29) is 30.7 Å². The number of nitrogens with one attached hydrogen (secondary N) is 3. The van der Waals surface area contributed by atoms with Crippen LogP contribution in [-0.2, 0) is 4.79 Å². The minimum atomic E-state index is -2.62. The van der Waals surface area contributed by atoms with Gasteiger partial charge in [-0.15, -0.1) is 0 Å². The number of benzene rings is 2. The third-order valence-electron chi connectivity index (χ3n) is 6.92. The van der Waals surface area contributed by atoms with E-state index in [1.54, 1.807) is 30.3 Å². The van der Waals surface area contributed by atoms with Gasteiger partial charge in [-0.25, -0.2) is 13.6 Å². The molecule has 6 nitrogen and oxygen atoms in total. The van der Waals surface area contributed by atoms with E-state index in [2.05, 4.69) is 16.0 Å². The normalized spacial score (nSPS) is 25.4. The van der Waals surface area contributed by atoms with Crippen molar-refractivity contribution >= 4 is 17.8 Å². The van der Waals surface area contributed by atoms with E-state index in [9.17, 15) is 23.2 Å². The molecule has 2 aromatic rings. The Morgan fingerprint density at radius 2 is 1.82 bits per heavy atom. The SMILES string of the molecule is Cc1ccc(C(=O)NCC[C@@]2(C3CC3)NC(=O)NC2=O)c(-c2ccc(C3CC3(F)F)cc2)c1. The number of aryl methyl sites for hydroxylation is 1. The fourth-order valence-corrected chi connectivity index (χ4v) is 4.78. The summed E-state index contributed by atoms with van der Waals surface area (Å²) in [6.07, 6.45) is 1.93. The second kappa shape index (κ2) is 7.64. The summed E-state index contributed by atoms with van der Waals surface area (Å²) in [5.41, 5.74) is 2.56. The van der Waals surface area contributed by atoms with Gasteiger partial charge in [0.2, 0.25) is 0 Å². The molecule has 1 unspecified atom stereocenters. The van der Waals surface area contributed by atoms with Crippen molar-refractivity contribution in [2.45, 2.75) is 50.0 Å². The Balaban J connectivity index is 1.31. The van der Waals surface area contributed by atoms with Gasteiger partial charge >= 0.3 is 6.03 Å². The predicted octanol–water partition coefficient (Wildman–Crippen LogP) is 3.89. The second-order valence-electron chi connectivity index (χ2n) is 9.35. The van der Waals surface area contributed by atoms with Gasteiger partial charge in [-0.1, -0.05) is 42.0 Å². The van der Waals surface area contributed by atoms with Crippen molar-refractivity contribution in [1.82, 2.24) is 16.0 Å². The van der Waals surface area contributed by atoms with Gasteiger partial charge in [0.25, 0.3) is 17.7 Å². The molecule has 3 N–H and O–H groups in total. The van der Waals surface area contributed by atoms with Crippen LogP contribution in [0.1, 0.15) is 53.1 Å². The first-order valence-electron chi connectivity index (χ1n) is 11.2. The van der Waals surface area contributed by atoms with E-state index >= 15 is 0 Å². The maximum atomic E-state index is 13.4. The lowest BCUT2D eigenvalue weighted by Gasteiger charge is -2.26. The summed E-state index contributed by atoms with van der Waals surface area (Å²) in [5.74, 6) is -3.88. The number of carbonyl (C=O) groups excluding carboxylic acids is 3. The molecule has 2 atom stereocenters. The van der Waals surface area contributed by atoms with Crippen LogP contribution in [0.4, 0.5) is 13.6 Å². The van der Waals surface area contributed by atoms with Gasteiger partial charge in [-0.3, -0.25) is 14.9 Å². The number of amides is 4. The van der Waals surface area contributed by atoms with Crippen molar-refractivity contribution in [3.63, 3.8) is 0 Å². The van der Waals surface area contributed by atoms with E-state index in [0.29, 0.717) is 23.1 Å². The van der Waals surface area contributed by atoms with E-state index in [1.165, 1.54) is 0 Å². The number of hydrogen-bond donors (Lipinski definition) is 3. The molecule has 2 aliphatic carbocycles. The molecule has 1 aliphatic heterocycles. The van der Waals surface area contributed by atoms with Crippen molar-refractivity contribution in [2.75, 3.05) is 6.54 Å². The minimum absolute atomic E-state index is 0.0909. The first-order valence-corrected chi connectivity index (χ1v) is 11.2. The molecule has 5 rings (SSSR count).